The molecule has 1 aromatic heterocycles. The topological polar surface area (TPSA) is 55.1 Å². The van der Waals surface area contributed by atoms with Gasteiger partial charge in [0.1, 0.15) is 17.6 Å². The summed E-state index contributed by atoms with van der Waals surface area (Å²) < 4.78 is 14.8. The van der Waals surface area contributed by atoms with Crippen LogP contribution in [0.1, 0.15) is 24.5 Å². The molecule has 2 heterocycles. The molecule has 6 heteroatoms. The van der Waals surface area contributed by atoms with Gasteiger partial charge in [-0.1, -0.05) is 11.6 Å². The van der Waals surface area contributed by atoms with Gasteiger partial charge in [-0.15, -0.1) is 0 Å². The quantitative estimate of drug-likeness (QED) is 0.924. The highest BCUT2D eigenvalue weighted by Gasteiger charge is 2.32. The van der Waals surface area contributed by atoms with Crippen molar-refractivity contribution in [2.75, 3.05) is 0 Å². The summed E-state index contributed by atoms with van der Waals surface area (Å²) in [6.45, 7) is 0.672. The molecule has 0 aliphatic carbocycles. The van der Waals surface area contributed by atoms with E-state index in [0.717, 1.165) is 12.0 Å². The van der Waals surface area contributed by atoms with Crippen LogP contribution in [0, 0.1) is 5.82 Å². The highest BCUT2D eigenvalue weighted by Crippen LogP contribution is 2.36. The molecule has 3 rings (SSSR count). The van der Waals surface area contributed by atoms with Crippen molar-refractivity contribution < 1.29 is 14.3 Å². The second kappa shape index (κ2) is 4.90. The molecule has 2 aromatic rings. The third-order valence-electron chi connectivity index (χ3n) is 3.57. The van der Waals surface area contributed by atoms with Gasteiger partial charge in [0.05, 0.1) is 5.69 Å². The van der Waals surface area contributed by atoms with Gasteiger partial charge in [-0.3, -0.25) is 4.79 Å². The van der Waals surface area contributed by atoms with Gasteiger partial charge in [0.25, 0.3) is 0 Å². The average Bonchev–Trinajstić information content (AvgIpc) is 2.77. The number of fused-ring (bicyclic) bond motifs is 1. The Balaban J connectivity index is 2.13. The number of aliphatic carboxylic acids is 1. The van der Waals surface area contributed by atoms with E-state index in [1.54, 1.807) is 12.1 Å². The van der Waals surface area contributed by atoms with Crippen LogP contribution < -0.4 is 0 Å². The Morgan fingerprint density at radius 1 is 1.40 bits per heavy atom. The SMILES string of the molecule is O=C(O)C1CCCn2c(-c3ccc(F)cc3)nc(Cl)c21. The van der Waals surface area contributed by atoms with Crippen molar-refractivity contribution in [3.05, 3.63) is 40.9 Å². The summed E-state index contributed by atoms with van der Waals surface area (Å²) in [6.07, 6.45) is 1.31. The largest absolute Gasteiger partial charge is 0.481 e. The number of carboxylic acids is 1. The van der Waals surface area contributed by atoms with E-state index >= 15 is 0 Å². The number of carbonyl (C=O) groups is 1. The van der Waals surface area contributed by atoms with E-state index in [1.165, 1.54) is 12.1 Å². The molecule has 20 heavy (non-hydrogen) atoms. The van der Waals surface area contributed by atoms with Crippen LogP contribution in [0.2, 0.25) is 5.15 Å². The Morgan fingerprint density at radius 3 is 2.75 bits per heavy atom. The van der Waals surface area contributed by atoms with Gasteiger partial charge in [-0.05, 0) is 37.1 Å². The first-order chi connectivity index (χ1) is 9.58. The van der Waals surface area contributed by atoms with Crippen molar-refractivity contribution in [3.63, 3.8) is 0 Å². The van der Waals surface area contributed by atoms with Crippen LogP contribution in [0.25, 0.3) is 11.4 Å². The average molecular weight is 295 g/mol. The Kier molecular flexibility index (Phi) is 3.22. The van der Waals surface area contributed by atoms with Crippen molar-refractivity contribution in [1.29, 1.82) is 0 Å². The van der Waals surface area contributed by atoms with Gasteiger partial charge < -0.3 is 9.67 Å². The maximum absolute atomic E-state index is 13.0. The molecule has 0 saturated heterocycles. The van der Waals surface area contributed by atoms with E-state index in [4.69, 9.17) is 11.6 Å². The standard InChI is InChI=1S/C14H12ClFN2O2/c15-12-11-10(14(19)20)2-1-7-18(11)13(17-12)8-3-5-9(16)6-4-8/h3-6,10H,1-2,7H2,(H,19,20). The summed E-state index contributed by atoms with van der Waals surface area (Å²) in [5, 5.41) is 9.50. The number of carboxylic acid groups (broad SMARTS) is 1. The molecule has 0 amide bonds. The van der Waals surface area contributed by atoms with Gasteiger partial charge in [-0.25, -0.2) is 9.37 Å². The first-order valence-corrected chi connectivity index (χ1v) is 6.70. The molecule has 0 bridgehead atoms. The van der Waals surface area contributed by atoms with Crippen molar-refractivity contribution in [3.8, 4) is 11.4 Å². The Morgan fingerprint density at radius 2 is 2.10 bits per heavy atom. The molecule has 1 aliphatic rings. The van der Waals surface area contributed by atoms with Crippen LogP contribution >= 0.6 is 11.6 Å². The van der Waals surface area contributed by atoms with Crippen LogP contribution in [0.3, 0.4) is 0 Å². The first kappa shape index (κ1) is 13.1. The van der Waals surface area contributed by atoms with Crippen LogP contribution in [0.5, 0.6) is 0 Å². The lowest BCUT2D eigenvalue weighted by Gasteiger charge is -2.22. The monoisotopic (exact) mass is 294 g/mol. The van der Waals surface area contributed by atoms with Crippen LogP contribution in [-0.4, -0.2) is 20.6 Å². The van der Waals surface area contributed by atoms with E-state index in [9.17, 15) is 14.3 Å². The summed E-state index contributed by atoms with van der Waals surface area (Å²) in [5.41, 5.74) is 1.27. The summed E-state index contributed by atoms with van der Waals surface area (Å²) >= 11 is 6.11. The minimum atomic E-state index is -0.890. The fourth-order valence-corrected chi connectivity index (χ4v) is 2.96. The van der Waals surface area contributed by atoms with Gasteiger partial charge in [0.2, 0.25) is 0 Å². The maximum atomic E-state index is 13.0. The lowest BCUT2D eigenvalue weighted by Crippen LogP contribution is -2.22. The molecular weight excluding hydrogens is 283 g/mol. The molecule has 104 valence electrons. The third kappa shape index (κ3) is 2.08. The summed E-state index contributed by atoms with van der Waals surface area (Å²) in [5.74, 6) is -1.25. The lowest BCUT2D eigenvalue weighted by atomic mass is 9.96. The van der Waals surface area contributed by atoms with Crippen molar-refractivity contribution in [1.82, 2.24) is 9.55 Å². The van der Waals surface area contributed by atoms with Gasteiger partial charge >= 0.3 is 5.97 Å². The Labute approximate surface area is 119 Å². The van der Waals surface area contributed by atoms with E-state index in [2.05, 4.69) is 4.98 Å². The number of hydrogen-bond donors (Lipinski definition) is 1. The molecule has 0 fully saturated rings. The van der Waals surface area contributed by atoms with Gasteiger partial charge in [0.15, 0.2) is 5.15 Å². The molecule has 1 atom stereocenters. The van der Waals surface area contributed by atoms with Crippen molar-refractivity contribution in [2.24, 2.45) is 0 Å². The van der Waals surface area contributed by atoms with Gasteiger partial charge in [-0.2, -0.15) is 0 Å². The predicted octanol–water partition coefficient (Wildman–Crippen LogP) is 3.30. The number of hydrogen-bond acceptors (Lipinski definition) is 2. The van der Waals surface area contributed by atoms with Crippen LogP contribution in [0.15, 0.2) is 24.3 Å². The highest BCUT2D eigenvalue weighted by atomic mass is 35.5. The molecule has 4 nitrogen and oxygen atoms in total. The summed E-state index contributed by atoms with van der Waals surface area (Å²) in [6, 6.07) is 5.93. The number of benzene rings is 1. The Hall–Kier alpha value is -1.88. The molecular formula is C14H12ClFN2O2. The second-order valence-corrected chi connectivity index (χ2v) is 5.16. The Bertz CT molecular complexity index is 667. The number of imidazole rings is 1. The molecule has 1 unspecified atom stereocenters. The zero-order chi connectivity index (χ0) is 14.3. The number of halogens is 2. The van der Waals surface area contributed by atoms with E-state index in [-0.39, 0.29) is 11.0 Å². The molecule has 1 N–H and O–H groups in total. The fourth-order valence-electron chi connectivity index (χ4n) is 2.64. The van der Waals surface area contributed by atoms with Crippen LogP contribution in [0.4, 0.5) is 4.39 Å². The molecule has 0 spiro atoms. The third-order valence-corrected chi connectivity index (χ3v) is 3.85. The normalized spacial score (nSPS) is 17.8. The van der Waals surface area contributed by atoms with E-state index in [0.29, 0.717) is 24.5 Å². The van der Waals surface area contributed by atoms with E-state index in [1.807, 2.05) is 4.57 Å². The number of rotatable bonds is 2. The smallest absolute Gasteiger partial charge is 0.312 e. The zero-order valence-electron chi connectivity index (χ0n) is 10.5. The lowest BCUT2D eigenvalue weighted by molar-refractivity contribution is -0.139. The second-order valence-electron chi connectivity index (χ2n) is 4.80. The van der Waals surface area contributed by atoms with E-state index < -0.39 is 11.9 Å². The zero-order valence-corrected chi connectivity index (χ0v) is 11.3. The molecule has 0 radical (unpaired) electrons. The van der Waals surface area contributed by atoms with Crippen molar-refractivity contribution >= 4 is 17.6 Å². The minimum Gasteiger partial charge on any atom is -0.481 e. The summed E-state index contributed by atoms with van der Waals surface area (Å²) in [7, 11) is 0. The van der Waals surface area contributed by atoms with Crippen molar-refractivity contribution in [2.45, 2.75) is 25.3 Å². The molecule has 1 aliphatic heterocycles. The molecule has 1 aromatic carbocycles. The number of aromatic nitrogens is 2. The van der Waals surface area contributed by atoms with Gasteiger partial charge in [0, 0.05) is 12.1 Å². The minimum absolute atomic E-state index is 0.219. The van der Waals surface area contributed by atoms with Crippen LogP contribution in [-0.2, 0) is 11.3 Å². The fraction of sp³-hybridized carbons (Fsp3) is 0.286. The summed E-state index contributed by atoms with van der Waals surface area (Å²) in [4.78, 5) is 15.6. The first-order valence-electron chi connectivity index (χ1n) is 6.32. The highest BCUT2D eigenvalue weighted by molar-refractivity contribution is 6.30. The molecule has 0 saturated carbocycles. The predicted molar refractivity (Wildman–Crippen MR) is 72.2 cm³/mol. The maximum Gasteiger partial charge on any atom is 0.312 e. The number of nitrogens with zero attached hydrogens (tertiary/aromatic N) is 2.